The van der Waals surface area contributed by atoms with E-state index in [0.717, 1.165) is 11.3 Å². The number of rotatable bonds is 8. The topological polar surface area (TPSA) is 93.5 Å². The number of thiazole rings is 1. The van der Waals surface area contributed by atoms with Gasteiger partial charge in [-0.3, -0.25) is 14.9 Å². The summed E-state index contributed by atoms with van der Waals surface area (Å²) in [7, 11) is 1.63. The Morgan fingerprint density at radius 3 is 2.85 bits per heavy atom. The number of nitrogens with one attached hydrogen (secondary N) is 2. The van der Waals surface area contributed by atoms with Crippen LogP contribution < -0.4 is 15.4 Å². The average molecular weight is 385 g/mol. The Morgan fingerprint density at radius 2 is 2.07 bits per heavy atom. The molecule has 0 aliphatic heterocycles. The molecule has 2 N–H and O–H groups in total. The summed E-state index contributed by atoms with van der Waals surface area (Å²) in [5, 5.41) is 7.69. The third kappa shape index (κ3) is 5.18. The second kappa shape index (κ2) is 9.00. The fourth-order valence-electron chi connectivity index (χ4n) is 2.49. The summed E-state index contributed by atoms with van der Waals surface area (Å²) < 4.78 is 10.3. The first-order chi connectivity index (χ1) is 13.2. The molecule has 0 aliphatic carbocycles. The van der Waals surface area contributed by atoms with Crippen molar-refractivity contribution in [1.82, 2.24) is 10.3 Å². The van der Waals surface area contributed by atoms with E-state index in [1.165, 1.54) is 17.6 Å². The standard InChI is InChI=1S/C19H19N3O4S/c1-25-15-6-3-2-5-13(15)8-9-20-17(23)11-14-12-27-19(21-14)22-18(24)16-7-4-10-26-16/h2-7,10,12H,8-9,11H2,1H3,(H,20,23)(H,21,22,24). The lowest BCUT2D eigenvalue weighted by Crippen LogP contribution is -2.27. The number of furan rings is 1. The quantitative estimate of drug-likeness (QED) is 0.622. The summed E-state index contributed by atoms with van der Waals surface area (Å²) in [6.45, 7) is 0.505. The summed E-state index contributed by atoms with van der Waals surface area (Å²) in [6.07, 6.45) is 2.26. The van der Waals surface area contributed by atoms with Gasteiger partial charge in [0.15, 0.2) is 10.9 Å². The Morgan fingerprint density at radius 1 is 1.22 bits per heavy atom. The highest BCUT2D eigenvalue weighted by Crippen LogP contribution is 2.18. The fourth-order valence-corrected chi connectivity index (χ4v) is 3.19. The molecule has 0 bridgehead atoms. The van der Waals surface area contributed by atoms with Gasteiger partial charge in [0.05, 0.1) is 25.5 Å². The molecule has 3 rings (SSSR count). The van der Waals surface area contributed by atoms with Crippen LogP contribution in [0.1, 0.15) is 21.8 Å². The molecule has 1 aromatic carbocycles. The highest BCUT2D eigenvalue weighted by Gasteiger charge is 2.13. The van der Waals surface area contributed by atoms with Crippen LogP contribution in [-0.4, -0.2) is 30.5 Å². The number of anilines is 1. The minimum absolute atomic E-state index is 0.126. The van der Waals surface area contributed by atoms with Crippen molar-refractivity contribution >= 4 is 28.3 Å². The number of carbonyl (C=O) groups is 2. The van der Waals surface area contributed by atoms with Crippen molar-refractivity contribution in [2.75, 3.05) is 19.0 Å². The van der Waals surface area contributed by atoms with E-state index in [-0.39, 0.29) is 24.0 Å². The summed E-state index contributed by atoms with van der Waals surface area (Å²) in [5.41, 5.74) is 1.64. The minimum atomic E-state index is -0.373. The van der Waals surface area contributed by atoms with Crippen molar-refractivity contribution in [3.63, 3.8) is 0 Å². The van der Waals surface area contributed by atoms with Gasteiger partial charge in [0, 0.05) is 11.9 Å². The van der Waals surface area contributed by atoms with Crippen molar-refractivity contribution in [3.05, 3.63) is 65.1 Å². The highest BCUT2D eigenvalue weighted by molar-refractivity contribution is 7.14. The van der Waals surface area contributed by atoms with E-state index in [1.807, 2.05) is 24.3 Å². The van der Waals surface area contributed by atoms with Gasteiger partial charge in [-0.25, -0.2) is 4.98 Å². The summed E-state index contributed by atoms with van der Waals surface area (Å²) >= 11 is 1.26. The van der Waals surface area contributed by atoms with Crippen molar-refractivity contribution in [2.24, 2.45) is 0 Å². The number of carbonyl (C=O) groups excluding carboxylic acids is 2. The number of hydrogen-bond acceptors (Lipinski definition) is 6. The van der Waals surface area contributed by atoms with Gasteiger partial charge >= 0.3 is 0 Å². The third-order valence-electron chi connectivity index (χ3n) is 3.77. The number of hydrogen-bond donors (Lipinski definition) is 2. The molecule has 7 nitrogen and oxygen atoms in total. The predicted octanol–water partition coefficient (Wildman–Crippen LogP) is 2.90. The van der Waals surface area contributed by atoms with E-state index >= 15 is 0 Å². The lowest BCUT2D eigenvalue weighted by molar-refractivity contribution is -0.120. The van der Waals surface area contributed by atoms with Gasteiger partial charge in [-0.15, -0.1) is 11.3 Å². The zero-order chi connectivity index (χ0) is 19.1. The molecular weight excluding hydrogens is 366 g/mol. The molecule has 0 saturated carbocycles. The van der Waals surface area contributed by atoms with Crippen molar-refractivity contribution in [3.8, 4) is 5.75 Å². The molecule has 2 aromatic heterocycles. The first kappa shape index (κ1) is 18.7. The maximum absolute atomic E-state index is 12.1. The molecular formula is C19H19N3O4S. The van der Waals surface area contributed by atoms with Crippen LogP contribution in [0.15, 0.2) is 52.5 Å². The zero-order valence-corrected chi connectivity index (χ0v) is 15.5. The van der Waals surface area contributed by atoms with Crippen LogP contribution >= 0.6 is 11.3 Å². The molecule has 0 saturated heterocycles. The Kier molecular flexibility index (Phi) is 6.22. The maximum Gasteiger partial charge on any atom is 0.293 e. The molecule has 3 aromatic rings. The number of aromatic nitrogens is 1. The first-order valence-electron chi connectivity index (χ1n) is 8.33. The smallest absolute Gasteiger partial charge is 0.293 e. The van der Waals surface area contributed by atoms with Crippen LogP contribution in [0.25, 0.3) is 0 Å². The van der Waals surface area contributed by atoms with E-state index in [2.05, 4.69) is 15.6 Å². The second-order valence-corrected chi connectivity index (χ2v) is 6.52. The van der Waals surface area contributed by atoms with Crippen LogP contribution in [-0.2, 0) is 17.6 Å². The molecule has 0 atom stereocenters. The zero-order valence-electron chi connectivity index (χ0n) is 14.7. The molecule has 2 amide bonds. The highest BCUT2D eigenvalue weighted by atomic mass is 32.1. The second-order valence-electron chi connectivity index (χ2n) is 5.66. The van der Waals surface area contributed by atoms with Gasteiger partial charge in [0.1, 0.15) is 5.75 Å². The summed E-state index contributed by atoms with van der Waals surface area (Å²) in [4.78, 5) is 28.3. The summed E-state index contributed by atoms with van der Waals surface area (Å²) in [6, 6.07) is 10.9. The Bertz CT molecular complexity index is 905. The van der Waals surface area contributed by atoms with Gasteiger partial charge in [0.2, 0.25) is 5.91 Å². The van der Waals surface area contributed by atoms with Crippen molar-refractivity contribution in [1.29, 1.82) is 0 Å². The molecule has 0 fully saturated rings. The van der Waals surface area contributed by atoms with Gasteiger partial charge in [-0.05, 0) is 30.2 Å². The van der Waals surface area contributed by atoms with Gasteiger partial charge < -0.3 is 14.5 Å². The van der Waals surface area contributed by atoms with E-state index < -0.39 is 0 Å². The molecule has 0 radical (unpaired) electrons. The molecule has 0 spiro atoms. The van der Waals surface area contributed by atoms with Crippen molar-refractivity contribution < 1.29 is 18.7 Å². The molecule has 2 heterocycles. The SMILES string of the molecule is COc1ccccc1CCNC(=O)Cc1csc(NC(=O)c2ccco2)n1. The van der Waals surface area contributed by atoms with Crippen LogP contribution in [0.3, 0.4) is 0 Å². The van der Waals surface area contributed by atoms with Crippen LogP contribution in [0.2, 0.25) is 0 Å². The first-order valence-corrected chi connectivity index (χ1v) is 9.21. The number of amides is 2. The lowest BCUT2D eigenvalue weighted by atomic mass is 10.1. The molecule has 140 valence electrons. The Balaban J connectivity index is 1.46. The Hall–Kier alpha value is -3.13. The van der Waals surface area contributed by atoms with E-state index in [4.69, 9.17) is 9.15 Å². The number of methoxy groups -OCH3 is 1. The number of ether oxygens (including phenoxy) is 1. The molecule has 8 heteroatoms. The fraction of sp³-hybridized carbons (Fsp3) is 0.211. The van der Waals surface area contributed by atoms with E-state index in [1.54, 1.807) is 24.6 Å². The maximum atomic E-state index is 12.1. The normalized spacial score (nSPS) is 10.4. The Labute approximate surface area is 160 Å². The van der Waals surface area contributed by atoms with Gasteiger partial charge in [-0.1, -0.05) is 18.2 Å². The van der Waals surface area contributed by atoms with Crippen molar-refractivity contribution in [2.45, 2.75) is 12.8 Å². The third-order valence-corrected chi connectivity index (χ3v) is 4.57. The van der Waals surface area contributed by atoms with Gasteiger partial charge in [0.25, 0.3) is 5.91 Å². The number of nitrogens with zero attached hydrogens (tertiary/aromatic N) is 1. The van der Waals surface area contributed by atoms with E-state index in [0.29, 0.717) is 23.8 Å². The minimum Gasteiger partial charge on any atom is -0.496 e. The summed E-state index contributed by atoms with van der Waals surface area (Å²) in [5.74, 6) is 0.519. The lowest BCUT2D eigenvalue weighted by Gasteiger charge is -2.08. The number of para-hydroxylation sites is 1. The van der Waals surface area contributed by atoms with Crippen LogP contribution in [0, 0.1) is 0 Å². The molecule has 0 unspecified atom stereocenters. The number of benzene rings is 1. The molecule has 27 heavy (non-hydrogen) atoms. The monoisotopic (exact) mass is 385 g/mol. The largest absolute Gasteiger partial charge is 0.496 e. The van der Waals surface area contributed by atoms with Crippen LogP contribution in [0.5, 0.6) is 5.75 Å². The van der Waals surface area contributed by atoms with Crippen LogP contribution in [0.4, 0.5) is 5.13 Å². The van der Waals surface area contributed by atoms with Gasteiger partial charge in [-0.2, -0.15) is 0 Å². The van der Waals surface area contributed by atoms with E-state index in [9.17, 15) is 9.59 Å². The average Bonchev–Trinajstić information content (AvgIpc) is 3.34. The predicted molar refractivity (Wildman–Crippen MR) is 102 cm³/mol. The molecule has 0 aliphatic rings.